The molecule has 25 heavy (non-hydrogen) atoms. The fourth-order valence-electron chi connectivity index (χ4n) is 2.80. The van der Waals surface area contributed by atoms with E-state index in [1.807, 2.05) is 31.2 Å². The van der Waals surface area contributed by atoms with Gasteiger partial charge in [0.1, 0.15) is 5.75 Å². The molecule has 2 aromatic carbocycles. The van der Waals surface area contributed by atoms with E-state index in [1.54, 1.807) is 29.2 Å². The predicted molar refractivity (Wildman–Crippen MR) is 93.7 cm³/mol. The molecule has 0 aromatic heterocycles. The molecule has 0 N–H and O–H groups in total. The number of hydrogen-bond acceptors (Lipinski definition) is 4. The third kappa shape index (κ3) is 3.76. The highest BCUT2D eigenvalue weighted by Crippen LogP contribution is 2.26. The summed E-state index contributed by atoms with van der Waals surface area (Å²) in [5.74, 6) is -0.693. The second-order valence-electron chi connectivity index (χ2n) is 6.24. The van der Waals surface area contributed by atoms with Gasteiger partial charge in [-0.2, -0.15) is 0 Å². The number of Topliss-reactive ketones (excluding diaryl/α,β-unsaturated/α-hetero) is 1. The molecule has 0 spiro atoms. The van der Waals surface area contributed by atoms with Crippen LogP contribution in [0.3, 0.4) is 0 Å². The first-order valence-corrected chi connectivity index (χ1v) is 8.14. The number of benzene rings is 2. The molecule has 1 amide bonds. The summed E-state index contributed by atoms with van der Waals surface area (Å²) in [7, 11) is 0. The van der Waals surface area contributed by atoms with Crippen molar-refractivity contribution in [2.75, 3.05) is 11.4 Å². The zero-order chi connectivity index (χ0) is 18.0. The number of ether oxygens (including phenoxy) is 1. The Kier molecular flexibility index (Phi) is 4.65. The number of amides is 1. The van der Waals surface area contributed by atoms with Crippen LogP contribution in [0.25, 0.3) is 0 Å². The lowest BCUT2D eigenvalue weighted by Crippen LogP contribution is -2.27. The highest BCUT2D eigenvalue weighted by Gasteiger charge is 2.36. The Morgan fingerprint density at radius 3 is 2.28 bits per heavy atom. The topological polar surface area (TPSA) is 63.7 Å². The van der Waals surface area contributed by atoms with E-state index in [1.165, 1.54) is 6.92 Å². The van der Waals surface area contributed by atoms with Crippen LogP contribution in [0.1, 0.15) is 29.3 Å². The number of esters is 1. The molecular weight excluding hydrogens is 318 g/mol. The van der Waals surface area contributed by atoms with Crippen LogP contribution in [-0.2, 0) is 9.59 Å². The summed E-state index contributed by atoms with van der Waals surface area (Å²) in [4.78, 5) is 37.4. The van der Waals surface area contributed by atoms with Gasteiger partial charge in [-0.05, 0) is 50.2 Å². The number of ketones is 1. The maximum atomic E-state index is 12.3. The van der Waals surface area contributed by atoms with Gasteiger partial charge in [-0.15, -0.1) is 0 Å². The monoisotopic (exact) mass is 337 g/mol. The molecule has 128 valence electrons. The molecule has 1 aliphatic rings. The first-order chi connectivity index (χ1) is 11.9. The van der Waals surface area contributed by atoms with Crippen LogP contribution in [0.15, 0.2) is 48.5 Å². The first kappa shape index (κ1) is 16.9. The van der Waals surface area contributed by atoms with E-state index in [9.17, 15) is 14.4 Å². The van der Waals surface area contributed by atoms with E-state index in [4.69, 9.17) is 4.74 Å². The molecule has 0 radical (unpaired) electrons. The second kappa shape index (κ2) is 6.89. The molecule has 0 bridgehead atoms. The average molecular weight is 337 g/mol. The minimum absolute atomic E-state index is 0.0481. The predicted octanol–water partition coefficient (Wildman–Crippen LogP) is 3.16. The molecule has 5 heteroatoms. The van der Waals surface area contributed by atoms with E-state index in [0.717, 1.165) is 11.3 Å². The Hall–Kier alpha value is -2.95. The van der Waals surface area contributed by atoms with Gasteiger partial charge in [-0.3, -0.25) is 14.4 Å². The van der Waals surface area contributed by atoms with Crippen LogP contribution in [0, 0.1) is 12.8 Å². The van der Waals surface area contributed by atoms with Gasteiger partial charge in [0.2, 0.25) is 5.91 Å². The summed E-state index contributed by atoms with van der Waals surface area (Å²) in [6.45, 7) is 3.77. The van der Waals surface area contributed by atoms with Crippen molar-refractivity contribution in [3.8, 4) is 5.75 Å². The van der Waals surface area contributed by atoms with Gasteiger partial charge in [0.25, 0.3) is 0 Å². The summed E-state index contributed by atoms with van der Waals surface area (Å²) in [5, 5.41) is 0. The first-order valence-electron chi connectivity index (χ1n) is 8.14. The standard InChI is InChI=1S/C20H19NO4/c1-13-3-7-17(8-4-13)21-12-16(11-19(21)23)20(24)25-18-9-5-15(6-10-18)14(2)22/h3-10,16H,11-12H2,1-2H3. The average Bonchev–Trinajstić information content (AvgIpc) is 2.98. The van der Waals surface area contributed by atoms with Gasteiger partial charge in [0, 0.05) is 24.2 Å². The van der Waals surface area contributed by atoms with Gasteiger partial charge in [0.05, 0.1) is 5.92 Å². The second-order valence-corrected chi connectivity index (χ2v) is 6.24. The lowest BCUT2D eigenvalue weighted by atomic mass is 10.1. The summed E-state index contributed by atoms with van der Waals surface area (Å²) >= 11 is 0. The largest absolute Gasteiger partial charge is 0.426 e. The van der Waals surface area contributed by atoms with Crippen LogP contribution in [0.5, 0.6) is 5.75 Å². The Bertz CT molecular complexity index is 809. The van der Waals surface area contributed by atoms with Crippen LogP contribution in [0.4, 0.5) is 5.69 Å². The smallest absolute Gasteiger partial charge is 0.316 e. The van der Waals surface area contributed by atoms with E-state index in [0.29, 0.717) is 17.9 Å². The third-order valence-corrected chi connectivity index (χ3v) is 4.28. The zero-order valence-electron chi connectivity index (χ0n) is 14.2. The SMILES string of the molecule is CC(=O)c1ccc(OC(=O)C2CC(=O)N(c3ccc(C)cc3)C2)cc1. The summed E-state index contributed by atoms with van der Waals surface area (Å²) in [5.41, 5.74) is 2.46. The van der Waals surface area contributed by atoms with E-state index in [2.05, 4.69) is 0 Å². The van der Waals surface area contributed by atoms with Crippen molar-refractivity contribution < 1.29 is 19.1 Å². The van der Waals surface area contributed by atoms with Crippen molar-refractivity contribution in [3.63, 3.8) is 0 Å². The van der Waals surface area contributed by atoms with Crippen molar-refractivity contribution in [1.29, 1.82) is 0 Å². The van der Waals surface area contributed by atoms with Crippen LogP contribution in [0.2, 0.25) is 0 Å². The van der Waals surface area contributed by atoms with Gasteiger partial charge in [0.15, 0.2) is 5.78 Å². The zero-order valence-corrected chi connectivity index (χ0v) is 14.2. The highest BCUT2D eigenvalue weighted by molar-refractivity contribution is 5.99. The van der Waals surface area contributed by atoms with Crippen molar-refractivity contribution >= 4 is 23.3 Å². The number of hydrogen-bond donors (Lipinski definition) is 0. The molecule has 1 heterocycles. The molecule has 1 saturated heterocycles. The summed E-state index contributed by atoms with van der Waals surface area (Å²) in [6.07, 6.45) is 0.137. The molecule has 1 atom stereocenters. The summed E-state index contributed by atoms with van der Waals surface area (Å²) in [6, 6.07) is 14.0. The minimum atomic E-state index is -0.499. The molecule has 0 saturated carbocycles. The Balaban J connectivity index is 1.66. The van der Waals surface area contributed by atoms with Gasteiger partial charge < -0.3 is 9.64 Å². The molecule has 5 nitrogen and oxygen atoms in total. The highest BCUT2D eigenvalue weighted by atomic mass is 16.5. The Morgan fingerprint density at radius 1 is 1.04 bits per heavy atom. The fraction of sp³-hybridized carbons (Fsp3) is 0.250. The number of rotatable bonds is 4. The van der Waals surface area contributed by atoms with Gasteiger partial charge >= 0.3 is 5.97 Å². The molecule has 0 aliphatic carbocycles. The summed E-state index contributed by atoms with van der Waals surface area (Å²) < 4.78 is 5.36. The minimum Gasteiger partial charge on any atom is -0.426 e. The van der Waals surface area contributed by atoms with Crippen LogP contribution >= 0.6 is 0 Å². The quantitative estimate of drug-likeness (QED) is 0.488. The van der Waals surface area contributed by atoms with E-state index in [-0.39, 0.29) is 18.1 Å². The molecule has 3 rings (SSSR count). The molecule has 1 fully saturated rings. The van der Waals surface area contributed by atoms with Crippen molar-refractivity contribution in [2.45, 2.75) is 20.3 Å². The molecule has 1 unspecified atom stereocenters. The number of nitrogens with zero attached hydrogens (tertiary/aromatic N) is 1. The lowest BCUT2D eigenvalue weighted by Gasteiger charge is -2.16. The maximum Gasteiger partial charge on any atom is 0.316 e. The van der Waals surface area contributed by atoms with E-state index < -0.39 is 11.9 Å². The third-order valence-electron chi connectivity index (χ3n) is 4.28. The maximum absolute atomic E-state index is 12.3. The van der Waals surface area contributed by atoms with Gasteiger partial charge in [-0.1, -0.05) is 17.7 Å². The normalized spacial score (nSPS) is 16.8. The van der Waals surface area contributed by atoms with Crippen LogP contribution < -0.4 is 9.64 Å². The molecular formula is C20H19NO4. The Labute approximate surface area is 146 Å². The number of carbonyl (C=O) groups excluding carboxylic acids is 3. The van der Waals surface area contributed by atoms with Crippen molar-refractivity contribution in [2.24, 2.45) is 5.92 Å². The van der Waals surface area contributed by atoms with Crippen molar-refractivity contribution in [3.05, 3.63) is 59.7 Å². The van der Waals surface area contributed by atoms with Crippen LogP contribution in [-0.4, -0.2) is 24.2 Å². The molecule has 1 aliphatic heterocycles. The fourth-order valence-corrected chi connectivity index (χ4v) is 2.80. The lowest BCUT2D eigenvalue weighted by molar-refractivity contribution is -0.139. The van der Waals surface area contributed by atoms with Crippen molar-refractivity contribution in [1.82, 2.24) is 0 Å². The number of carbonyl (C=O) groups is 3. The molecule has 2 aromatic rings. The number of aryl methyl sites for hydroxylation is 1. The number of anilines is 1. The Morgan fingerprint density at radius 2 is 1.68 bits per heavy atom. The van der Waals surface area contributed by atoms with E-state index >= 15 is 0 Å². The van der Waals surface area contributed by atoms with Gasteiger partial charge in [-0.25, -0.2) is 0 Å².